The summed E-state index contributed by atoms with van der Waals surface area (Å²) in [5.74, 6) is 0. The summed E-state index contributed by atoms with van der Waals surface area (Å²) in [6.07, 6.45) is 0. The quantitative estimate of drug-likeness (QED) is 0.169. The van der Waals surface area contributed by atoms with E-state index in [0.717, 1.165) is 0 Å². The molecule has 10 aromatic rings. The fraction of sp³-hybridized carbons (Fsp3) is 0. The topological polar surface area (TPSA) is 0 Å². The van der Waals surface area contributed by atoms with Crippen LogP contribution in [0.4, 0.5) is 0 Å². The van der Waals surface area contributed by atoms with Gasteiger partial charge in [-0.05, 0) is 129 Å². The molecule has 50 heavy (non-hydrogen) atoms. The van der Waals surface area contributed by atoms with Crippen LogP contribution in [0.25, 0.3) is 98.4 Å². The van der Waals surface area contributed by atoms with Crippen LogP contribution in [-0.4, -0.2) is 0 Å². The fourth-order valence-electron chi connectivity index (χ4n) is 7.90. The summed E-state index contributed by atoms with van der Waals surface area (Å²) in [5, 5.41) is 12.6. The smallest absolute Gasteiger partial charge is 0.00259 e. The minimum absolute atomic E-state index is 1.22. The Labute approximate surface area is 291 Å². The van der Waals surface area contributed by atoms with Gasteiger partial charge in [-0.15, -0.1) is 0 Å². The van der Waals surface area contributed by atoms with Gasteiger partial charge in [-0.1, -0.05) is 164 Å². The maximum Gasteiger partial charge on any atom is -0.00259 e. The van der Waals surface area contributed by atoms with Crippen molar-refractivity contribution in [2.45, 2.75) is 0 Å². The maximum absolute atomic E-state index is 2.42. The van der Waals surface area contributed by atoms with Crippen LogP contribution in [0.3, 0.4) is 0 Å². The van der Waals surface area contributed by atoms with Gasteiger partial charge < -0.3 is 0 Å². The molecule has 0 bridgehead atoms. The van der Waals surface area contributed by atoms with E-state index in [4.69, 9.17) is 0 Å². The van der Waals surface area contributed by atoms with E-state index in [1.54, 1.807) is 0 Å². The first-order chi connectivity index (χ1) is 24.8. The van der Waals surface area contributed by atoms with Crippen LogP contribution in [0.15, 0.2) is 194 Å². The second-order valence-electron chi connectivity index (χ2n) is 13.3. The average molecular weight is 633 g/mol. The van der Waals surface area contributed by atoms with Gasteiger partial charge in [0.1, 0.15) is 0 Å². The molecular weight excluding hydrogens is 601 g/mol. The van der Waals surface area contributed by atoms with E-state index in [9.17, 15) is 0 Å². The van der Waals surface area contributed by atoms with Crippen molar-refractivity contribution in [3.05, 3.63) is 194 Å². The zero-order chi connectivity index (χ0) is 33.0. The Morgan fingerprint density at radius 1 is 0.180 bits per heavy atom. The number of rotatable bonds is 4. The Kier molecular flexibility index (Phi) is 6.60. The largest absolute Gasteiger partial charge is 0.0622 e. The molecule has 0 aliphatic heterocycles. The molecule has 232 valence electrons. The number of benzene rings is 10. The molecule has 0 amide bonds. The molecule has 0 heterocycles. The Balaban J connectivity index is 1.31. The Morgan fingerprint density at radius 3 is 1.00 bits per heavy atom. The third kappa shape index (κ3) is 4.77. The van der Waals surface area contributed by atoms with Crippen LogP contribution in [0.2, 0.25) is 0 Å². The summed E-state index contributed by atoms with van der Waals surface area (Å²) in [4.78, 5) is 0. The Hall–Kier alpha value is -6.50. The monoisotopic (exact) mass is 632 g/mol. The van der Waals surface area contributed by atoms with Gasteiger partial charge in [0.15, 0.2) is 0 Å². The van der Waals surface area contributed by atoms with Crippen LogP contribution in [-0.2, 0) is 0 Å². The van der Waals surface area contributed by atoms with Gasteiger partial charge >= 0.3 is 0 Å². The zero-order valence-corrected chi connectivity index (χ0v) is 27.5. The van der Waals surface area contributed by atoms with E-state index in [2.05, 4.69) is 194 Å². The van der Waals surface area contributed by atoms with Crippen molar-refractivity contribution < 1.29 is 0 Å². The van der Waals surface area contributed by atoms with Crippen molar-refractivity contribution in [1.82, 2.24) is 0 Å². The molecule has 10 aromatic carbocycles. The molecule has 0 heteroatoms. The van der Waals surface area contributed by atoms with Crippen LogP contribution < -0.4 is 0 Å². The summed E-state index contributed by atoms with van der Waals surface area (Å²) in [7, 11) is 0. The molecule has 0 aromatic heterocycles. The summed E-state index contributed by atoms with van der Waals surface area (Å²) in [6, 6.07) is 71.6. The summed E-state index contributed by atoms with van der Waals surface area (Å²) >= 11 is 0. The summed E-state index contributed by atoms with van der Waals surface area (Å²) in [5.41, 5.74) is 9.88. The van der Waals surface area contributed by atoms with Crippen LogP contribution in [0.1, 0.15) is 0 Å². The molecule has 0 aliphatic carbocycles. The molecule has 0 saturated carbocycles. The summed E-state index contributed by atoms with van der Waals surface area (Å²) in [6.45, 7) is 0. The van der Waals surface area contributed by atoms with E-state index >= 15 is 0 Å². The van der Waals surface area contributed by atoms with Crippen molar-refractivity contribution >= 4 is 53.9 Å². The van der Waals surface area contributed by atoms with Gasteiger partial charge in [-0.25, -0.2) is 0 Å². The Bertz CT molecular complexity index is 2910. The van der Waals surface area contributed by atoms with Crippen LogP contribution in [0, 0.1) is 0 Å². The third-order valence-corrected chi connectivity index (χ3v) is 10.4. The predicted octanol–water partition coefficient (Wildman–Crippen LogP) is 14.1. The molecule has 10 rings (SSSR count). The average Bonchev–Trinajstić information content (AvgIpc) is 3.19. The first-order valence-electron chi connectivity index (χ1n) is 17.3. The maximum atomic E-state index is 2.42. The standard InChI is InChI=1S/C50H32/c1-2-13-36(14-3-1)49-45-26-24-43(41-22-19-34-11-5-8-16-38(34)29-41)32-48(45)50(44-23-20-35-12-6-9-17-39(35)30-44)46-27-25-42(31-47(46)49)40-21-18-33-10-4-7-15-37(33)28-40/h1-32H. The highest BCUT2D eigenvalue weighted by atomic mass is 14.2. The van der Waals surface area contributed by atoms with Crippen molar-refractivity contribution in [3.63, 3.8) is 0 Å². The van der Waals surface area contributed by atoms with Gasteiger partial charge in [-0.3, -0.25) is 0 Å². The van der Waals surface area contributed by atoms with Crippen molar-refractivity contribution in [2.75, 3.05) is 0 Å². The molecular formula is C50H32. The molecule has 0 N–H and O–H groups in total. The van der Waals surface area contributed by atoms with Crippen molar-refractivity contribution in [1.29, 1.82) is 0 Å². The Morgan fingerprint density at radius 2 is 0.520 bits per heavy atom. The lowest BCUT2D eigenvalue weighted by Gasteiger charge is -2.20. The van der Waals surface area contributed by atoms with Crippen LogP contribution in [0.5, 0.6) is 0 Å². The van der Waals surface area contributed by atoms with E-state index < -0.39 is 0 Å². The second kappa shape index (κ2) is 11.6. The molecule has 0 nitrogen and oxygen atoms in total. The van der Waals surface area contributed by atoms with Crippen LogP contribution >= 0.6 is 0 Å². The van der Waals surface area contributed by atoms with Gasteiger partial charge in [-0.2, -0.15) is 0 Å². The molecule has 0 fully saturated rings. The molecule has 0 unspecified atom stereocenters. The fourth-order valence-corrected chi connectivity index (χ4v) is 7.90. The third-order valence-electron chi connectivity index (χ3n) is 10.4. The van der Waals surface area contributed by atoms with E-state index in [1.165, 1.54) is 98.4 Å². The lowest BCUT2D eigenvalue weighted by Crippen LogP contribution is -1.93. The normalized spacial score (nSPS) is 11.6. The predicted molar refractivity (Wildman–Crippen MR) is 216 cm³/mol. The summed E-state index contributed by atoms with van der Waals surface area (Å²) < 4.78 is 0. The minimum Gasteiger partial charge on any atom is -0.0622 e. The molecule has 0 aliphatic rings. The van der Waals surface area contributed by atoms with E-state index in [0.29, 0.717) is 0 Å². The second-order valence-corrected chi connectivity index (χ2v) is 13.3. The molecule has 0 spiro atoms. The molecule has 0 radical (unpaired) electrons. The number of hydrogen-bond acceptors (Lipinski definition) is 0. The van der Waals surface area contributed by atoms with Gasteiger partial charge in [0.25, 0.3) is 0 Å². The highest BCUT2D eigenvalue weighted by Gasteiger charge is 2.19. The van der Waals surface area contributed by atoms with Gasteiger partial charge in [0.2, 0.25) is 0 Å². The van der Waals surface area contributed by atoms with E-state index in [-0.39, 0.29) is 0 Å². The minimum atomic E-state index is 1.22. The van der Waals surface area contributed by atoms with Crippen molar-refractivity contribution in [3.8, 4) is 44.5 Å². The lowest BCUT2D eigenvalue weighted by molar-refractivity contribution is 1.64. The molecule has 0 saturated heterocycles. The van der Waals surface area contributed by atoms with Crippen molar-refractivity contribution in [2.24, 2.45) is 0 Å². The van der Waals surface area contributed by atoms with Gasteiger partial charge in [0.05, 0.1) is 0 Å². The van der Waals surface area contributed by atoms with E-state index in [1.807, 2.05) is 0 Å². The number of fused-ring (bicyclic) bond motifs is 5. The first kappa shape index (κ1) is 28.5. The number of hydrogen-bond donors (Lipinski definition) is 0. The molecule has 0 atom stereocenters. The zero-order valence-electron chi connectivity index (χ0n) is 27.5. The van der Waals surface area contributed by atoms with Gasteiger partial charge in [0, 0.05) is 0 Å². The highest BCUT2D eigenvalue weighted by molar-refractivity contribution is 6.23. The SMILES string of the molecule is c1ccc(-c2c3ccc(-c4ccc5ccccc5c4)cc3c(-c3ccc4ccccc4c3)c3ccc(-c4ccc5ccccc5c4)cc23)cc1. The highest BCUT2D eigenvalue weighted by Crippen LogP contribution is 2.46. The first-order valence-corrected chi connectivity index (χ1v) is 17.3. The lowest BCUT2D eigenvalue weighted by atomic mass is 9.83.